The molecule has 1 N–H and O–H groups in total. The zero-order valence-electron chi connectivity index (χ0n) is 17.6. The van der Waals surface area contributed by atoms with Crippen LogP contribution in [0.4, 0.5) is 11.4 Å². The molecule has 1 aromatic carbocycles. The molecule has 3 heterocycles. The molecule has 1 aromatic heterocycles. The Bertz CT molecular complexity index is 988. The third-order valence-corrected chi connectivity index (χ3v) is 5.95. The molecule has 0 spiro atoms. The molecule has 2 aromatic rings. The van der Waals surface area contributed by atoms with Crippen LogP contribution in [-0.2, 0) is 11.2 Å². The van der Waals surface area contributed by atoms with E-state index in [0.717, 1.165) is 11.3 Å². The second kappa shape index (κ2) is 8.41. The van der Waals surface area contributed by atoms with Gasteiger partial charge in [0.2, 0.25) is 5.91 Å². The van der Waals surface area contributed by atoms with Gasteiger partial charge in [0.15, 0.2) is 5.76 Å². The number of fused-ring (bicyclic) bond motifs is 3. The van der Waals surface area contributed by atoms with Crippen molar-refractivity contribution in [3.8, 4) is 0 Å². The lowest BCUT2D eigenvalue weighted by molar-refractivity contribution is -0.384. The number of piperazine rings is 1. The molecule has 2 amide bonds. The molecule has 0 bridgehead atoms. The van der Waals surface area contributed by atoms with E-state index < -0.39 is 10.8 Å². The number of nitro groups is 1. The van der Waals surface area contributed by atoms with E-state index >= 15 is 0 Å². The SMILES string of the molecule is CC(C)CNC(=O)C1Cc2cc([N+](=O)[O-])ccc2N2CCN(C(=O)c3ccco3)CC12. The zero-order valence-corrected chi connectivity index (χ0v) is 17.6. The maximum absolute atomic E-state index is 13.1. The van der Waals surface area contributed by atoms with Crippen molar-refractivity contribution in [3.63, 3.8) is 0 Å². The van der Waals surface area contributed by atoms with Crippen molar-refractivity contribution in [2.24, 2.45) is 11.8 Å². The second-order valence-electron chi connectivity index (χ2n) is 8.51. The highest BCUT2D eigenvalue weighted by Gasteiger charge is 2.43. The fourth-order valence-electron chi connectivity index (χ4n) is 4.40. The van der Waals surface area contributed by atoms with Crippen molar-refractivity contribution in [1.29, 1.82) is 0 Å². The lowest BCUT2D eigenvalue weighted by atomic mass is 9.83. The topological polar surface area (TPSA) is 109 Å². The number of anilines is 1. The Morgan fingerprint density at radius 3 is 2.77 bits per heavy atom. The van der Waals surface area contributed by atoms with E-state index in [1.807, 2.05) is 13.8 Å². The van der Waals surface area contributed by atoms with Crippen LogP contribution in [0.2, 0.25) is 0 Å². The summed E-state index contributed by atoms with van der Waals surface area (Å²) in [6.45, 7) is 6.00. The number of nitro benzene ring substituents is 1. The largest absolute Gasteiger partial charge is 0.459 e. The van der Waals surface area contributed by atoms with Crippen LogP contribution in [0, 0.1) is 22.0 Å². The summed E-state index contributed by atoms with van der Waals surface area (Å²) < 4.78 is 5.27. The van der Waals surface area contributed by atoms with E-state index in [1.54, 1.807) is 29.2 Å². The standard InChI is InChI=1S/C22H26N4O5/c1-14(2)12-23-21(27)17-11-15-10-16(26(29)30)5-6-18(15)25-8-7-24(13-19(17)25)22(28)20-4-3-9-31-20/h3-6,9-10,14,17,19H,7-8,11-13H2,1-2H3,(H,23,27). The highest BCUT2D eigenvalue weighted by Crippen LogP contribution is 2.38. The Hall–Kier alpha value is -3.36. The number of carbonyl (C=O) groups excluding carboxylic acids is 2. The second-order valence-corrected chi connectivity index (χ2v) is 8.51. The van der Waals surface area contributed by atoms with Crippen LogP contribution < -0.4 is 10.2 Å². The highest BCUT2D eigenvalue weighted by molar-refractivity contribution is 5.92. The van der Waals surface area contributed by atoms with Gasteiger partial charge < -0.3 is 19.5 Å². The van der Waals surface area contributed by atoms with Crippen LogP contribution in [0.3, 0.4) is 0 Å². The van der Waals surface area contributed by atoms with Crippen molar-refractivity contribution >= 4 is 23.2 Å². The monoisotopic (exact) mass is 426 g/mol. The molecule has 164 valence electrons. The molecule has 2 aliphatic heterocycles. The van der Waals surface area contributed by atoms with E-state index in [1.165, 1.54) is 12.3 Å². The summed E-state index contributed by atoms with van der Waals surface area (Å²) in [6, 6.07) is 7.91. The molecule has 9 nitrogen and oxygen atoms in total. The summed E-state index contributed by atoms with van der Waals surface area (Å²) in [5.41, 5.74) is 1.71. The third-order valence-electron chi connectivity index (χ3n) is 5.95. The first-order chi connectivity index (χ1) is 14.8. The molecule has 31 heavy (non-hydrogen) atoms. The molecule has 1 saturated heterocycles. The van der Waals surface area contributed by atoms with Gasteiger partial charge in [-0.3, -0.25) is 19.7 Å². The Balaban J connectivity index is 1.64. The number of hydrogen-bond acceptors (Lipinski definition) is 6. The Kier molecular flexibility index (Phi) is 5.67. The van der Waals surface area contributed by atoms with Gasteiger partial charge in [0.1, 0.15) is 0 Å². The predicted octanol–water partition coefficient (Wildman–Crippen LogP) is 2.46. The van der Waals surface area contributed by atoms with Gasteiger partial charge in [0.25, 0.3) is 11.6 Å². The molecular weight excluding hydrogens is 400 g/mol. The van der Waals surface area contributed by atoms with Crippen LogP contribution in [0.15, 0.2) is 41.0 Å². The predicted molar refractivity (Wildman–Crippen MR) is 114 cm³/mol. The van der Waals surface area contributed by atoms with Gasteiger partial charge in [-0.05, 0) is 36.1 Å². The minimum Gasteiger partial charge on any atom is -0.459 e. The van der Waals surface area contributed by atoms with E-state index in [2.05, 4.69) is 10.2 Å². The zero-order chi connectivity index (χ0) is 22.1. The smallest absolute Gasteiger partial charge is 0.289 e. The fraction of sp³-hybridized carbons (Fsp3) is 0.455. The van der Waals surface area contributed by atoms with Crippen molar-refractivity contribution < 1.29 is 18.9 Å². The van der Waals surface area contributed by atoms with Crippen LogP contribution in [0.25, 0.3) is 0 Å². The fourth-order valence-corrected chi connectivity index (χ4v) is 4.40. The minimum absolute atomic E-state index is 0.0187. The van der Waals surface area contributed by atoms with Gasteiger partial charge in [-0.15, -0.1) is 0 Å². The Labute approximate surface area is 180 Å². The Morgan fingerprint density at radius 1 is 1.29 bits per heavy atom. The summed E-state index contributed by atoms with van der Waals surface area (Å²) in [4.78, 5) is 40.6. The number of nitrogens with one attached hydrogen (secondary N) is 1. The number of hydrogen-bond donors (Lipinski definition) is 1. The third kappa shape index (κ3) is 4.12. The van der Waals surface area contributed by atoms with E-state index in [4.69, 9.17) is 4.42 Å². The number of amides is 2. The molecule has 0 saturated carbocycles. The van der Waals surface area contributed by atoms with Gasteiger partial charge >= 0.3 is 0 Å². The van der Waals surface area contributed by atoms with Gasteiger partial charge in [-0.1, -0.05) is 13.8 Å². The first kappa shape index (κ1) is 20.9. The highest BCUT2D eigenvalue weighted by atomic mass is 16.6. The van der Waals surface area contributed by atoms with Gasteiger partial charge in [-0.25, -0.2) is 0 Å². The van der Waals surface area contributed by atoms with Gasteiger partial charge in [0, 0.05) is 44.0 Å². The molecule has 1 fully saturated rings. The lowest BCUT2D eigenvalue weighted by Crippen LogP contribution is -2.62. The number of nitrogens with zero attached hydrogens (tertiary/aromatic N) is 3. The summed E-state index contributed by atoms with van der Waals surface area (Å²) >= 11 is 0. The average molecular weight is 426 g/mol. The summed E-state index contributed by atoms with van der Waals surface area (Å²) in [5.74, 6) is -0.115. The van der Waals surface area contributed by atoms with E-state index in [9.17, 15) is 19.7 Å². The molecule has 0 radical (unpaired) electrons. The maximum atomic E-state index is 13.1. The van der Waals surface area contributed by atoms with Crippen molar-refractivity contribution in [3.05, 3.63) is 58.0 Å². The number of rotatable bonds is 5. The molecule has 9 heteroatoms. The first-order valence-electron chi connectivity index (χ1n) is 10.5. The first-order valence-corrected chi connectivity index (χ1v) is 10.5. The van der Waals surface area contributed by atoms with Crippen molar-refractivity contribution in [2.75, 3.05) is 31.1 Å². The van der Waals surface area contributed by atoms with Gasteiger partial charge in [0.05, 0.1) is 23.1 Å². The van der Waals surface area contributed by atoms with E-state index in [0.29, 0.717) is 38.5 Å². The van der Waals surface area contributed by atoms with E-state index in [-0.39, 0.29) is 29.3 Å². The molecule has 0 aliphatic carbocycles. The maximum Gasteiger partial charge on any atom is 0.289 e. The van der Waals surface area contributed by atoms with Crippen LogP contribution in [0.5, 0.6) is 0 Å². The summed E-state index contributed by atoms with van der Waals surface area (Å²) in [7, 11) is 0. The molecule has 4 rings (SSSR count). The molecule has 2 unspecified atom stereocenters. The van der Waals surface area contributed by atoms with Crippen molar-refractivity contribution in [1.82, 2.24) is 10.2 Å². The number of benzene rings is 1. The van der Waals surface area contributed by atoms with Gasteiger partial charge in [-0.2, -0.15) is 0 Å². The quantitative estimate of drug-likeness (QED) is 0.581. The summed E-state index contributed by atoms with van der Waals surface area (Å²) in [5, 5.41) is 14.3. The lowest BCUT2D eigenvalue weighted by Gasteiger charge is -2.48. The van der Waals surface area contributed by atoms with Crippen LogP contribution >= 0.6 is 0 Å². The normalized spacial score (nSPS) is 20.2. The summed E-state index contributed by atoms with van der Waals surface area (Å²) in [6.07, 6.45) is 1.86. The minimum atomic E-state index is -0.416. The van der Waals surface area contributed by atoms with Crippen molar-refractivity contribution in [2.45, 2.75) is 26.3 Å². The molecular formula is C22H26N4O5. The molecule has 2 atom stereocenters. The number of carbonyl (C=O) groups is 2. The van der Waals surface area contributed by atoms with Crippen LogP contribution in [0.1, 0.15) is 30.0 Å². The van der Waals surface area contributed by atoms with Crippen LogP contribution in [-0.4, -0.2) is 53.9 Å². The number of non-ortho nitro benzene ring substituents is 1. The Morgan fingerprint density at radius 2 is 2.10 bits per heavy atom. The number of furan rings is 1. The molecule has 2 aliphatic rings. The average Bonchev–Trinajstić information content (AvgIpc) is 3.30.